The average molecular weight is 246 g/mol. The van der Waals surface area contributed by atoms with Crippen LogP contribution >= 0.6 is 0 Å². The van der Waals surface area contributed by atoms with E-state index in [1.54, 1.807) is 6.92 Å². The zero-order chi connectivity index (χ0) is 12.2. The summed E-state index contributed by atoms with van der Waals surface area (Å²) >= 11 is 0. The van der Waals surface area contributed by atoms with Crippen LogP contribution in [0.15, 0.2) is 11.2 Å². The van der Waals surface area contributed by atoms with E-state index in [1.165, 1.54) is 13.1 Å². The maximum absolute atomic E-state index is 11.6. The number of carbonyl (C=O) groups is 1. The zero-order valence-corrected chi connectivity index (χ0v) is 9.89. The van der Waals surface area contributed by atoms with Crippen LogP contribution in [-0.2, 0) is 14.8 Å². The van der Waals surface area contributed by atoms with Crippen LogP contribution in [-0.4, -0.2) is 37.4 Å². The maximum Gasteiger partial charge on any atom is 0.257 e. The van der Waals surface area contributed by atoms with E-state index >= 15 is 0 Å². The van der Waals surface area contributed by atoms with Gasteiger partial charge in [-0.2, -0.15) is 0 Å². The van der Waals surface area contributed by atoms with Crippen molar-refractivity contribution in [3.8, 4) is 0 Å². The number of carbonyl (C=O) groups excluding carboxylic acids is 1. The number of amides is 1. The Kier molecular flexibility index (Phi) is 4.02. The summed E-state index contributed by atoms with van der Waals surface area (Å²) in [7, 11) is -3.56. The van der Waals surface area contributed by atoms with E-state index in [4.69, 9.17) is 0 Å². The molecule has 0 fully saturated rings. The van der Waals surface area contributed by atoms with Crippen molar-refractivity contribution in [1.82, 2.24) is 20.0 Å². The highest BCUT2D eigenvalue weighted by atomic mass is 32.2. The highest BCUT2D eigenvalue weighted by molar-refractivity contribution is 7.89. The second-order valence-electron chi connectivity index (χ2n) is 3.21. The fraction of sp³-hybridized carbons (Fsp3) is 0.500. The SMILES string of the molecule is CC(=O)NCCNS(=O)(=O)c1cnc(C)[nH]1. The maximum atomic E-state index is 11.6. The van der Waals surface area contributed by atoms with Gasteiger partial charge >= 0.3 is 0 Å². The molecule has 0 radical (unpaired) electrons. The summed E-state index contributed by atoms with van der Waals surface area (Å²) in [5, 5.41) is 2.50. The number of nitrogens with one attached hydrogen (secondary N) is 3. The largest absolute Gasteiger partial charge is 0.355 e. The summed E-state index contributed by atoms with van der Waals surface area (Å²) in [6.45, 7) is 3.42. The van der Waals surface area contributed by atoms with E-state index in [-0.39, 0.29) is 24.0 Å². The molecular formula is C8H14N4O3S. The van der Waals surface area contributed by atoms with Crippen molar-refractivity contribution in [2.75, 3.05) is 13.1 Å². The van der Waals surface area contributed by atoms with Crippen LogP contribution < -0.4 is 10.0 Å². The van der Waals surface area contributed by atoms with Crippen LogP contribution in [0.4, 0.5) is 0 Å². The second-order valence-corrected chi connectivity index (χ2v) is 4.95. The van der Waals surface area contributed by atoms with Gasteiger partial charge in [0, 0.05) is 20.0 Å². The van der Waals surface area contributed by atoms with Gasteiger partial charge in [0.1, 0.15) is 5.82 Å². The third-order valence-corrected chi connectivity index (χ3v) is 3.13. The first-order valence-corrected chi connectivity index (χ1v) is 6.16. The van der Waals surface area contributed by atoms with Gasteiger partial charge in [0.25, 0.3) is 10.0 Å². The molecule has 0 bridgehead atoms. The second kappa shape index (κ2) is 5.08. The summed E-state index contributed by atoms with van der Waals surface area (Å²) in [6.07, 6.45) is 1.25. The van der Waals surface area contributed by atoms with E-state index in [0.29, 0.717) is 5.82 Å². The summed E-state index contributed by atoms with van der Waals surface area (Å²) < 4.78 is 25.5. The predicted octanol–water partition coefficient (Wildman–Crippen LogP) is -0.867. The van der Waals surface area contributed by atoms with Gasteiger partial charge in [-0.1, -0.05) is 0 Å². The molecule has 0 atom stereocenters. The molecule has 0 saturated heterocycles. The van der Waals surface area contributed by atoms with Crippen LogP contribution in [0, 0.1) is 6.92 Å². The molecule has 3 N–H and O–H groups in total. The Morgan fingerprint density at radius 1 is 1.50 bits per heavy atom. The Morgan fingerprint density at radius 2 is 2.19 bits per heavy atom. The Bertz CT molecular complexity index is 465. The topological polar surface area (TPSA) is 104 Å². The van der Waals surface area contributed by atoms with Gasteiger partial charge in [-0.15, -0.1) is 0 Å². The van der Waals surface area contributed by atoms with Crippen molar-refractivity contribution >= 4 is 15.9 Å². The summed E-state index contributed by atoms with van der Waals surface area (Å²) in [5.74, 6) is 0.332. The van der Waals surface area contributed by atoms with Gasteiger partial charge in [-0.25, -0.2) is 18.1 Å². The van der Waals surface area contributed by atoms with Gasteiger partial charge in [0.2, 0.25) is 5.91 Å². The van der Waals surface area contributed by atoms with E-state index in [9.17, 15) is 13.2 Å². The van der Waals surface area contributed by atoms with Gasteiger partial charge in [-0.3, -0.25) is 4.79 Å². The Balaban J connectivity index is 2.50. The smallest absolute Gasteiger partial charge is 0.257 e. The minimum absolute atomic E-state index is 0.0211. The summed E-state index contributed by atoms with van der Waals surface area (Å²) in [5.41, 5.74) is 0. The van der Waals surface area contributed by atoms with E-state index in [2.05, 4.69) is 20.0 Å². The summed E-state index contributed by atoms with van der Waals surface area (Å²) in [4.78, 5) is 16.9. The number of aryl methyl sites for hydroxylation is 1. The number of nitrogens with zero attached hydrogens (tertiary/aromatic N) is 1. The molecule has 0 aliphatic heterocycles. The van der Waals surface area contributed by atoms with Crippen molar-refractivity contribution in [3.63, 3.8) is 0 Å². The quantitative estimate of drug-likeness (QED) is 0.587. The van der Waals surface area contributed by atoms with Crippen LogP contribution in [0.5, 0.6) is 0 Å². The van der Waals surface area contributed by atoms with Crippen molar-refractivity contribution in [3.05, 3.63) is 12.0 Å². The van der Waals surface area contributed by atoms with E-state index in [1.807, 2.05) is 0 Å². The number of aromatic nitrogens is 2. The molecular weight excluding hydrogens is 232 g/mol. The number of rotatable bonds is 5. The fourth-order valence-electron chi connectivity index (χ4n) is 1.04. The van der Waals surface area contributed by atoms with E-state index < -0.39 is 10.0 Å². The molecule has 0 saturated carbocycles. The minimum atomic E-state index is -3.56. The van der Waals surface area contributed by atoms with E-state index in [0.717, 1.165) is 0 Å². The number of hydrogen-bond donors (Lipinski definition) is 3. The molecule has 7 nitrogen and oxygen atoms in total. The normalized spacial score (nSPS) is 11.4. The zero-order valence-electron chi connectivity index (χ0n) is 9.07. The molecule has 1 rings (SSSR count). The standard InChI is InChI=1S/C8H14N4O3S/c1-6-10-5-8(12-6)16(14,15)11-4-3-9-7(2)13/h5,11H,3-4H2,1-2H3,(H,9,13)(H,10,12). The first-order chi connectivity index (χ1) is 7.42. The highest BCUT2D eigenvalue weighted by Gasteiger charge is 2.15. The van der Waals surface area contributed by atoms with Crippen molar-refractivity contribution in [2.24, 2.45) is 0 Å². The lowest BCUT2D eigenvalue weighted by molar-refractivity contribution is -0.118. The van der Waals surface area contributed by atoms with Crippen LogP contribution in [0.25, 0.3) is 0 Å². The predicted molar refractivity (Wildman–Crippen MR) is 57.2 cm³/mol. The Hall–Kier alpha value is -1.41. The van der Waals surface area contributed by atoms with Crippen molar-refractivity contribution < 1.29 is 13.2 Å². The van der Waals surface area contributed by atoms with Gasteiger partial charge < -0.3 is 10.3 Å². The molecule has 8 heteroatoms. The lowest BCUT2D eigenvalue weighted by atomic mass is 10.6. The van der Waals surface area contributed by atoms with Crippen LogP contribution in [0.2, 0.25) is 0 Å². The van der Waals surface area contributed by atoms with Gasteiger partial charge in [0.05, 0.1) is 6.20 Å². The molecule has 1 amide bonds. The van der Waals surface area contributed by atoms with Crippen molar-refractivity contribution in [2.45, 2.75) is 18.9 Å². The highest BCUT2D eigenvalue weighted by Crippen LogP contribution is 2.03. The van der Waals surface area contributed by atoms with Crippen LogP contribution in [0.3, 0.4) is 0 Å². The molecule has 1 heterocycles. The molecule has 0 unspecified atom stereocenters. The Labute approximate surface area is 93.7 Å². The third-order valence-electron chi connectivity index (χ3n) is 1.76. The molecule has 0 aromatic carbocycles. The summed E-state index contributed by atoms with van der Waals surface area (Å²) in [6, 6.07) is 0. The number of aromatic amines is 1. The fourth-order valence-corrected chi connectivity index (χ4v) is 2.04. The lowest BCUT2D eigenvalue weighted by Crippen LogP contribution is -2.33. The first kappa shape index (κ1) is 12.7. The first-order valence-electron chi connectivity index (χ1n) is 4.67. The molecule has 90 valence electrons. The molecule has 0 aliphatic carbocycles. The van der Waals surface area contributed by atoms with Gasteiger partial charge in [-0.05, 0) is 6.92 Å². The number of hydrogen-bond acceptors (Lipinski definition) is 4. The van der Waals surface area contributed by atoms with Crippen LogP contribution in [0.1, 0.15) is 12.7 Å². The molecule has 16 heavy (non-hydrogen) atoms. The molecule has 0 spiro atoms. The Morgan fingerprint density at radius 3 is 2.69 bits per heavy atom. The molecule has 0 aliphatic rings. The number of imidazole rings is 1. The molecule has 1 aromatic rings. The molecule has 1 aromatic heterocycles. The average Bonchev–Trinajstić information content (AvgIpc) is 2.60. The lowest BCUT2D eigenvalue weighted by Gasteiger charge is -2.04. The van der Waals surface area contributed by atoms with Gasteiger partial charge in [0.15, 0.2) is 5.03 Å². The minimum Gasteiger partial charge on any atom is -0.355 e. The number of H-pyrrole nitrogens is 1. The van der Waals surface area contributed by atoms with Crippen molar-refractivity contribution in [1.29, 1.82) is 0 Å². The monoisotopic (exact) mass is 246 g/mol. The number of sulfonamides is 1. The third kappa shape index (κ3) is 3.63.